The third kappa shape index (κ3) is 3.39. The molecule has 1 aromatic carbocycles. The Hall–Kier alpha value is -2.28. The lowest BCUT2D eigenvalue weighted by atomic mass is 9.94. The van der Waals surface area contributed by atoms with E-state index in [0.29, 0.717) is 34.5 Å². The number of hydrogen-bond donors (Lipinski definition) is 2. The molecule has 2 rings (SSSR count). The number of thiocarbonyl (C=S) groups is 1. The summed E-state index contributed by atoms with van der Waals surface area (Å²) in [5, 5.41) is 6.48. The van der Waals surface area contributed by atoms with Crippen LogP contribution in [-0.4, -0.2) is 31.9 Å². The van der Waals surface area contributed by atoms with Crippen LogP contribution in [0.1, 0.15) is 25.5 Å². The zero-order chi connectivity index (χ0) is 17.0. The number of benzene rings is 1. The molecule has 6 nitrogen and oxygen atoms in total. The number of allylic oxidation sites excluding steroid dienone is 1. The number of carbonyl (C=O) groups excluding carboxylic acids is 1. The van der Waals surface area contributed by atoms with Gasteiger partial charge in [0.25, 0.3) is 0 Å². The Morgan fingerprint density at radius 2 is 2.09 bits per heavy atom. The molecular weight excluding hydrogens is 316 g/mol. The Morgan fingerprint density at radius 1 is 1.35 bits per heavy atom. The minimum Gasteiger partial charge on any atom is -0.492 e. The summed E-state index contributed by atoms with van der Waals surface area (Å²) in [4.78, 5) is 12.2. The van der Waals surface area contributed by atoms with Crippen molar-refractivity contribution in [3.8, 4) is 11.5 Å². The van der Waals surface area contributed by atoms with Crippen molar-refractivity contribution in [3.05, 3.63) is 35.0 Å². The van der Waals surface area contributed by atoms with Gasteiger partial charge in [0.05, 0.1) is 32.4 Å². The van der Waals surface area contributed by atoms with Gasteiger partial charge in [0.1, 0.15) is 0 Å². The van der Waals surface area contributed by atoms with Crippen LogP contribution in [0.5, 0.6) is 11.5 Å². The summed E-state index contributed by atoms with van der Waals surface area (Å²) in [6.45, 7) is 4.19. The fourth-order valence-corrected chi connectivity index (χ4v) is 2.83. The predicted molar refractivity (Wildman–Crippen MR) is 90.5 cm³/mol. The van der Waals surface area contributed by atoms with E-state index < -0.39 is 12.0 Å². The zero-order valence-corrected chi connectivity index (χ0v) is 14.4. The molecule has 0 aliphatic carbocycles. The fraction of sp³-hybridized carbons (Fsp3) is 0.375. The lowest BCUT2D eigenvalue weighted by Crippen LogP contribution is -2.45. The van der Waals surface area contributed by atoms with Crippen LogP contribution >= 0.6 is 12.2 Å². The third-order valence-electron chi connectivity index (χ3n) is 3.50. The van der Waals surface area contributed by atoms with Gasteiger partial charge in [-0.2, -0.15) is 0 Å². The number of ether oxygens (including phenoxy) is 3. The van der Waals surface area contributed by atoms with Gasteiger partial charge in [-0.15, -0.1) is 0 Å². The lowest BCUT2D eigenvalue weighted by molar-refractivity contribution is -0.136. The summed E-state index contributed by atoms with van der Waals surface area (Å²) in [5.74, 6) is 0.741. The van der Waals surface area contributed by atoms with Crippen molar-refractivity contribution in [3.63, 3.8) is 0 Å². The molecular formula is C16H20N2O4S. The van der Waals surface area contributed by atoms with Crippen molar-refractivity contribution in [1.29, 1.82) is 0 Å². The molecule has 0 aromatic heterocycles. The highest BCUT2D eigenvalue weighted by Crippen LogP contribution is 2.39. The van der Waals surface area contributed by atoms with Crippen molar-refractivity contribution in [2.75, 3.05) is 20.8 Å². The second-order valence-corrected chi connectivity index (χ2v) is 5.28. The first-order chi connectivity index (χ1) is 11.0. The van der Waals surface area contributed by atoms with Gasteiger partial charge in [-0.1, -0.05) is 12.1 Å². The summed E-state index contributed by atoms with van der Waals surface area (Å²) in [6.07, 6.45) is 0. The van der Waals surface area contributed by atoms with Gasteiger partial charge >= 0.3 is 5.97 Å². The SMILES string of the molecule is CCOc1cccc(C2NC(=S)NC(C)=C2C(=O)OC)c1OC. The largest absolute Gasteiger partial charge is 0.492 e. The van der Waals surface area contributed by atoms with Crippen LogP contribution in [0.3, 0.4) is 0 Å². The summed E-state index contributed by atoms with van der Waals surface area (Å²) < 4.78 is 16.0. The molecule has 0 saturated carbocycles. The molecule has 0 fully saturated rings. The predicted octanol–water partition coefficient (Wildman–Crippen LogP) is 2.06. The van der Waals surface area contributed by atoms with Crippen molar-refractivity contribution in [1.82, 2.24) is 10.6 Å². The Kier molecular flexibility index (Phi) is 5.44. The second-order valence-electron chi connectivity index (χ2n) is 4.87. The Balaban J connectivity index is 2.58. The number of methoxy groups -OCH3 is 2. The van der Waals surface area contributed by atoms with E-state index in [4.69, 9.17) is 26.4 Å². The van der Waals surface area contributed by atoms with Crippen molar-refractivity contribution in [2.24, 2.45) is 0 Å². The molecule has 1 heterocycles. The van der Waals surface area contributed by atoms with Crippen molar-refractivity contribution in [2.45, 2.75) is 19.9 Å². The molecule has 1 aromatic rings. The molecule has 124 valence electrons. The first kappa shape index (κ1) is 17.1. The van der Waals surface area contributed by atoms with Crippen LogP contribution < -0.4 is 20.1 Å². The normalized spacial score (nSPS) is 17.2. The van der Waals surface area contributed by atoms with Gasteiger partial charge in [0.15, 0.2) is 16.6 Å². The summed E-state index contributed by atoms with van der Waals surface area (Å²) >= 11 is 5.22. The minimum absolute atomic E-state index is 0.432. The first-order valence-corrected chi connectivity index (χ1v) is 7.60. The molecule has 0 saturated heterocycles. The van der Waals surface area contributed by atoms with E-state index in [1.165, 1.54) is 7.11 Å². The molecule has 0 spiro atoms. The molecule has 0 bridgehead atoms. The van der Waals surface area contributed by atoms with Gasteiger partial charge in [0, 0.05) is 11.3 Å². The van der Waals surface area contributed by atoms with Crippen LogP contribution in [0.15, 0.2) is 29.5 Å². The quantitative estimate of drug-likeness (QED) is 0.630. The Bertz CT molecular complexity index is 657. The van der Waals surface area contributed by atoms with Crippen molar-refractivity contribution >= 4 is 23.3 Å². The van der Waals surface area contributed by atoms with Crippen LogP contribution in [-0.2, 0) is 9.53 Å². The average molecular weight is 336 g/mol. The van der Waals surface area contributed by atoms with E-state index in [1.807, 2.05) is 25.1 Å². The number of esters is 1. The number of para-hydroxylation sites is 1. The van der Waals surface area contributed by atoms with Crippen LogP contribution in [0.2, 0.25) is 0 Å². The molecule has 0 amide bonds. The van der Waals surface area contributed by atoms with Gasteiger partial charge in [-0.25, -0.2) is 4.79 Å². The standard InChI is InChI=1S/C16H20N2O4S/c1-5-22-11-8-6-7-10(14(11)20-3)13-12(15(19)21-4)9(2)17-16(23)18-13/h6-8,13H,5H2,1-4H3,(H2,17,18,23). The summed E-state index contributed by atoms with van der Waals surface area (Å²) in [7, 11) is 2.91. The maximum absolute atomic E-state index is 12.2. The van der Waals surface area contributed by atoms with E-state index in [1.54, 1.807) is 14.0 Å². The summed E-state index contributed by atoms with van der Waals surface area (Å²) in [5.41, 5.74) is 1.85. The maximum atomic E-state index is 12.2. The number of rotatable bonds is 5. The van der Waals surface area contributed by atoms with Gasteiger partial charge in [-0.3, -0.25) is 0 Å². The topological polar surface area (TPSA) is 68.8 Å². The monoisotopic (exact) mass is 336 g/mol. The molecule has 1 unspecified atom stereocenters. The summed E-state index contributed by atoms with van der Waals surface area (Å²) in [6, 6.07) is 5.05. The van der Waals surface area contributed by atoms with Crippen LogP contribution in [0.25, 0.3) is 0 Å². The van der Waals surface area contributed by atoms with Crippen LogP contribution in [0.4, 0.5) is 0 Å². The fourth-order valence-electron chi connectivity index (χ4n) is 2.56. The molecule has 1 aliphatic rings. The number of nitrogens with one attached hydrogen (secondary N) is 2. The highest BCUT2D eigenvalue weighted by Gasteiger charge is 2.33. The van der Waals surface area contributed by atoms with E-state index in [2.05, 4.69) is 10.6 Å². The molecule has 7 heteroatoms. The van der Waals surface area contributed by atoms with E-state index in [9.17, 15) is 4.79 Å². The average Bonchev–Trinajstić information content (AvgIpc) is 2.53. The van der Waals surface area contributed by atoms with E-state index >= 15 is 0 Å². The Labute approximate surface area is 140 Å². The maximum Gasteiger partial charge on any atom is 0.337 e. The van der Waals surface area contributed by atoms with Gasteiger partial charge in [0.2, 0.25) is 0 Å². The first-order valence-electron chi connectivity index (χ1n) is 7.19. The molecule has 1 aliphatic heterocycles. The van der Waals surface area contributed by atoms with Crippen molar-refractivity contribution < 1.29 is 19.0 Å². The molecule has 2 N–H and O–H groups in total. The lowest BCUT2D eigenvalue weighted by Gasteiger charge is -2.30. The van der Waals surface area contributed by atoms with Gasteiger partial charge in [-0.05, 0) is 32.1 Å². The Morgan fingerprint density at radius 3 is 2.70 bits per heavy atom. The van der Waals surface area contributed by atoms with E-state index in [0.717, 1.165) is 5.56 Å². The van der Waals surface area contributed by atoms with E-state index in [-0.39, 0.29) is 0 Å². The highest BCUT2D eigenvalue weighted by atomic mass is 32.1. The number of carbonyl (C=O) groups is 1. The third-order valence-corrected chi connectivity index (χ3v) is 3.72. The second kappa shape index (κ2) is 7.32. The number of hydrogen-bond acceptors (Lipinski definition) is 5. The van der Waals surface area contributed by atoms with Gasteiger partial charge < -0.3 is 24.8 Å². The molecule has 0 radical (unpaired) electrons. The minimum atomic E-state index is -0.480. The molecule has 1 atom stereocenters. The smallest absolute Gasteiger partial charge is 0.337 e. The zero-order valence-electron chi connectivity index (χ0n) is 13.6. The molecule has 23 heavy (non-hydrogen) atoms. The highest BCUT2D eigenvalue weighted by molar-refractivity contribution is 7.80. The van der Waals surface area contributed by atoms with Crippen LogP contribution in [0, 0.1) is 0 Å².